The van der Waals surface area contributed by atoms with E-state index in [4.69, 9.17) is 0 Å². The molecule has 1 aromatic rings. The van der Waals surface area contributed by atoms with Crippen molar-refractivity contribution in [1.82, 2.24) is 20.1 Å². The number of piperidine rings is 1. The molecule has 0 spiro atoms. The number of hydrogen-bond acceptors (Lipinski definition) is 3. The molecule has 1 aliphatic carbocycles. The van der Waals surface area contributed by atoms with Gasteiger partial charge in [0, 0.05) is 25.9 Å². The molecular weight excluding hydrogens is 264 g/mol. The van der Waals surface area contributed by atoms with Gasteiger partial charge < -0.3 is 4.90 Å². The topological polar surface area (TPSA) is 61.9 Å². The third-order valence-corrected chi connectivity index (χ3v) is 5.02. The summed E-state index contributed by atoms with van der Waals surface area (Å²) in [5.74, 6) is 3.47. The number of nitrogens with zero attached hydrogens (tertiary/aromatic N) is 3. The van der Waals surface area contributed by atoms with E-state index in [0.717, 1.165) is 50.4 Å². The van der Waals surface area contributed by atoms with E-state index < -0.39 is 0 Å². The molecular formula is C16H26N4O. The normalized spacial score (nSPS) is 21.1. The lowest BCUT2D eigenvalue weighted by molar-refractivity contribution is -0.133. The average Bonchev–Trinajstić information content (AvgIpc) is 3.12. The fraction of sp³-hybridized carbons (Fsp3) is 0.812. The molecule has 1 aromatic heterocycles. The van der Waals surface area contributed by atoms with Crippen LogP contribution in [0.5, 0.6) is 0 Å². The van der Waals surface area contributed by atoms with Crippen molar-refractivity contribution in [2.75, 3.05) is 13.1 Å². The first-order valence-electron chi connectivity index (χ1n) is 8.36. The van der Waals surface area contributed by atoms with Gasteiger partial charge in [-0.2, -0.15) is 5.10 Å². The first kappa shape index (κ1) is 14.5. The molecule has 0 bridgehead atoms. The van der Waals surface area contributed by atoms with Crippen LogP contribution in [-0.4, -0.2) is 39.1 Å². The lowest BCUT2D eigenvalue weighted by atomic mass is 9.92. The van der Waals surface area contributed by atoms with Crippen molar-refractivity contribution in [2.24, 2.45) is 11.8 Å². The molecule has 0 aromatic carbocycles. The van der Waals surface area contributed by atoms with Crippen LogP contribution in [0.3, 0.4) is 0 Å². The fourth-order valence-corrected chi connectivity index (χ4v) is 3.72. The number of rotatable bonds is 4. The van der Waals surface area contributed by atoms with E-state index in [2.05, 4.69) is 20.1 Å². The van der Waals surface area contributed by atoms with Crippen molar-refractivity contribution >= 4 is 5.91 Å². The SMILES string of the molecule is Cc1nc(CC2CCN(C(=O)CC3CCCC3)CC2)n[nH]1. The molecule has 1 saturated carbocycles. The molecule has 2 fully saturated rings. The number of aromatic amines is 1. The summed E-state index contributed by atoms with van der Waals surface area (Å²) < 4.78 is 0. The van der Waals surface area contributed by atoms with Crippen LogP contribution in [0.2, 0.25) is 0 Å². The molecule has 1 N–H and O–H groups in total. The Balaban J connectivity index is 1.42. The Hall–Kier alpha value is -1.39. The Kier molecular flexibility index (Phi) is 4.56. The van der Waals surface area contributed by atoms with Crippen molar-refractivity contribution in [3.63, 3.8) is 0 Å². The van der Waals surface area contributed by atoms with Gasteiger partial charge >= 0.3 is 0 Å². The van der Waals surface area contributed by atoms with E-state index >= 15 is 0 Å². The molecule has 1 aliphatic heterocycles. The molecule has 1 amide bonds. The van der Waals surface area contributed by atoms with Crippen LogP contribution >= 0.6 is 0 Å². The Morgan fingerprint density at radius 3 is 2.52 bits per heavy atom. The van der Waals surface area contributed by atoms with Crippen LogP contribution < -0.4 is 0 Å². The summed E-state index contributed by atoms with van der Waals surface area (Å²) in [6.07, 6.45) is 9.04. The second-order valence-electron chi connectivity index (χ2n) is 6.72. The maximum absolute atomic E-state index is 12.3. The van der Waals surface area contributed by atoms with Crippen molar-refractivity contribution < 1.29 is 4.79 Å². The van der Waals surface area contributed by atoms with Crippen LogP contribution in [0, 0.1) is 18.8 Å². The summed E-state index contributed by atoms with van der Waals surface area (Å²) in [6.45, 7) is 3.76. The van der Waals surface area contributed by atoms with Gasteiger partial charge in [0.1, 0.15) is 5.82 Å². The minimum Gasteiger partial charge on any atom is -0.343 e. The minimum atomic E-state index is 0.383. The van der Waals surface area contributed by atoms with Crippen LogP contribution in [0.25, 0.3) is 0 Å². The molecule has 0 radical (unpaired) electrons. The smallest absolute Gasteiger partial charge is 0.222 e. The number of carbonyl (C=O) groups is 1. The zero-order valence-corrected chi connectivity index (χ0v) is 13.0. The zero-order chi connectivity index (χ0) is 14.7. The molecule has 3 rings (SSSR count). The Bertz CT molecular complexity index is 470. The molecule has 2 heterocycles. The lowest BCUT2D eigenvalue weighted by Gasteiger charge is -2.32. The molecule has 5 heteroatoms. The van der Waals surface area contributed by atoms with Crippen molar-refractivity contribution in [3.8, 4) is 0 Å². The molecule has 2 aliphatic rings. The van der Waals surface area contributed by atoms with Gasteiger partial charge in [0.2, 0.25) is 5.91 Å². The van der Waals surface area contributed by atoms with Crippen molar-refractivity contribution in [2.45, 2.75) is 58.3 Å². The minimum absolute atomic E-state index is 0.383. The van der Waals surface area contributed by atoms with Crippen LogP contribution in [0.15, 0.2) is 0 Å². The van der Waals surface area contributed by atoms with Gasteiger partial charge in [-0.05, 0) is 44.4 Å². The van der Waals surface area contributed by atoms with E-state index in [1.165, 1.54) is 25.7 Å². The van der Waals surface area contributed by atoms with Crippen LogP contribution in [0.1, 0.15) is 56.6 Å². The second-order valence-corrected chi connectivity index (χ2v) is 6.72. The van der Waals surface area contributed by atoms with Crippen molar-refractivity contribution in [1.29, 1.82) is 0 Å². The maximum atomic E-state index is 12.3. The number of aryl methyl sites for hydroxylation is 1. The third kappa shape index (κ3) is 3.83. The molecule has 21 heavy (non-hydrogen) atoms. The average molecular weight is 290 g/mol. The van der Waals surface area contributed by atoms with Gasteiger partial charge in [0.05, 0.1) is 0 Å². The highest BCUT2D eigenvalue weighted by atomic mass is 16.2. The Morgan fingerprint density at radius 2 is 1.90 bits per heavy atom. The standard InChI is InChI=1S/C16H26N4O/c1-12-17-15(19-18-12)10-14-6-8-20(9-7-14)16(21)11-13-4-2-3-5-13/h13-14H,2-11H2,1H3,(H,17,18,19). The van der Waals surface area contributed by atoms with Gasteiger partial charge in [-0.25, -0.2) is 4.98 Å². The summed E-state index contributed by atoms with van der Waals surface area (Å²) >= 11 is 0. The highest BCUT2D eigenvalue weighted by Gasteiger charge is 2.26. The number of likely N-dealkylation sites (tertiary alicyclic amines) is 1. The number of aromatic nitrogens is 3. The Labute approximate surface area is 126 Å². The van der Waals surface area contributed by atoms with Gasteiger partial charge in [-0.1, -0.05) is 12.8 Å². The molecule has 0 atom stereocenters. The Morgan fingerprint density at radius 1 is 1.19 bits per heavy atom. The number of H-pyrrole nitrogens is 1. The summed E-state index contributed by atoms with van der Waals surface area (Å²) in [5.41, 5.74) is 0. The molecule has 0 unspecified atom stereocenters. The van der Waals surface area contributed by atoms with E-state index in [0.29, 0.717) is 17.7 Å². The van der Waals surface area contributed by atoms with Gasteiger partial charge in [0.25, 0.3) is 0 Å². The van der Waals surface area contributed by atoms with Gasteiger partial charge in [-0.15, -0.1) is 0 Å². The number of carbonyl (C=O) groups excluding carboxylic acids is 1. The quantitative estimate of drug-likeness (QED) is 0.926. The van der Waals surface area contributed by atoms with Crippen LogP contribution in [0.4, 0.5) is 0 Å². The first-order chi connectivity index (χ1) is 10.2. The summed E-state index contributed by atoms with van der Waals surface area (Å²) in [4.78, 5) is 18.8. The van der Waals surface area contributed by atoms with Gasteiger partial charge in [0.15, 0.2) is 5.82 Å². The van der Waals surface area contributed by atoms with E-state index in [1.54, 1.807) is 0 Å². The monoisotopic (exact) mass is 290 g/mol. The maximum Gasteiger partial charge on any atom is 0.222 e. The molecule has 1 saturated heterocycles. The fourth-order valence-electron chi connectivity index (χ4n) is 3.72. The van der Waals surface area contributed by atoms with E-state index in [1.807, 2.05) is 6.92 Å². The highest BCUT2D eigenvalue weighted by Crippen LogP contribution is 2.29. The predicted octanol–water partition coefficient (Wildman–Crippen LogP) is 2.47. The van der Waals surface area contributed by atoms with Crippen molar-refractivity contribution in [3.05, 3.63) is 11.6 Å². The number of nitrogens with one attached hydrogen (secondary N) is 1. The zero-order valence-electron chi connectivity index (χ0n) is 13.0. The van der Waals surface area contributed by atoms with Crippen LogP contribution in [-0.2, 0) is 11.2 Å². The highest BCUT2D eigenvalue weighted by molar-refractivity contribution is 5.76. The number of amides is 1. The predicted molar refractivity (Wildman–Crippen MR) is 80.7 cm³/mol. The number of hydrogen-bond donors (Lipinski definition) is 1. The summed E-state index contributed by atoms with van der Waals surface area (Å²) in [6, 6.07) is 0. The summed E-state index contributed by atoms with van der Waals surface area (Å²) in [7, 11) is 0. The first-order valence-corrected chi connectivity index (χ1v) is 8.36. The lowest BCUT2D eigenvalue weighted by Crippen LogP contribution is -2.39. The molecule has 5 nitrogen and oxygen atoms in total. The summed E-state index contributed by atoms with van der Waals surface area (Å²) in [5, 5.41) is 7.12. The largest absolute Gasteiger partial charge is 0.343 e. The second kappa shape index (κ2) is 6.58. The van der Waals surface area contributed by atoms with E-state index in [-0.39, 0.29) is 0 Å². The molecule has 116 valence electrons. The van der Waals surface area contributed by atoms with E-state index in [9.17, 15) is 4.79 Å². The van der Waals surface area contributed by atoms with Gasteiger partial charge in [-0.3, -0.25) is 9.89 Å². The third-order valence-electron chi connectivity index (χ3n) is 5.02.